The Labute approximate surface area is 201 Å². The fraction of sp³-hybridized carbons (Fsp3) is 0.300. The molecule has 33 heavy (non-hydrogen) atoms. The Hall–Kier alpha value is -2.89. The van der Waals surface area contributed by atoms with Gasteiger partial charge in [0.25, 0.3) is 5.91 Å². The second kappa shape index (κ2) is 9.54. The van der Waals surface area contributed by atoms with Gasteiger partial charge in [-0.3, -0.25) is 9.78 Å². The van der Waals surface area contributed by atoms with Crippen LogP contribution in [-0.2, 0) is 0 Å². The van der Waals surface area contributed by atoms with Crippen molar-refractivity contribution in [3.63, 3.8) is 0 Å². The van der Waals surface area contributed by atoms with E-state index < -0.39 is 24.3 Å². The number of thiazole rings is 1. The van der Waals surface area contributed by atoms with Gasteiger partial charge in [-0.25, -0.2) is 14.2 Å². The average molecular weight is 514 g/mol. The van der Waals surface area contributed by atoms with E-state index >= 15 is 0 Å². The number of alkyl halides is 1. The second-order valence-electron chi connectivity index (χ2n) is 7.30. The minimum absolute atomic E-state index is 0.0507. The van der Waals surface area contributed by atoms with Crippen LogP contribution in [0.15, 0.2) is 24.4 Å². The third-order valence-electron chi connectivity index (χ3n) is 5.08. The molecule has 3 aromatic rings. The minimum Gasteiger partial charge on any atom is -0.449 e. The zero-order valence-electron chi connectivity index (χ0n) is 17.1. The normalized spacial score (nSPS) is 18.2. The van der Waals surface area contributed by atoms with Crippen LogP contribution < -0.4 is 15.0 Å². The van der Waals surface area contributed by atoms with E-state index in [1.165, 1.54) is 0 Å². The molecule has 1 aliphatic heterocycles. The lowest BCUT2D eigenvalue weighted by Gasteiger charge is -2.34. The number of aromatic amines is 1. The van der Waals surface area contributed by atoms with Crippen molar-refractivity contribution in [2.45, 2.75) is 25.6 Å². The molecule has 0 aromatic carbocycles. The van der Waals surface area contributed by atoms with Gasteiger partial charge in [0.15, 0.2) is 5.13 Å². The van der Waals surface area contributed by atoms with Crippen LogP contribution in [0.25, 0.3) is 11.4 Å². The number of carboxylic acid groups (broad SMARTS) is 1. The molecule has 4 heterocycles. The van der Waals surface area contributed by atoms with E-state index in [-0.39, 0.29) is 33.0 Å². The summed E-state index contributed by atoms with van der Waals surface area (Å²) in [5, 5.41) is 12.5. The first-order chi connectivity index (χ1) is 15.7. The minimum atomic E-state index is -1.48. The van der Waals surface area contributed by atoms with Crippen LogP contribution in [0.4, 0.5) is 14.3 Å². The predicted octanol–water partition coefficient (Wildman–Crippen LogP) is 4.55. The fourth-order valence-corrected chi connectivity index (χ4v) is 4.83. The molecule has 174 valence electrons. The first-order valence-electron chi connectivity index (χ1n) is 9.81. The zero-order chi connectivity index (χ0) is 23.7. The molecular weight excluding hydrogens is 496 g/mol. The standard InChI is InChI=1S/C20H18Cl2FN5O4S/c1-9-13(21)14(22)16(25-9)17(29)26-11-5-7-28(8-10(11)23)19-27-15(12-4-2-3-6-24-12)18(33-19)32-20(30)31/h2-4,6,10-11,25H,5,7-8H2,1H3,(H,26,29)(H,30,31)/t10-,11+/m0/s1. The fourth-order valence-electron chi connectivity index (χ4n) is 3.45. The van der Waals surface area contributed by atoms with Gasteiger partial charge in [0, 0.05) is 18.4 Å². The zero-order valence-corrected chi connectivity index (χ0v) is 19.5. The van der Waals surface area contributed by atoms with Gasteiger partial charge in [0.2, 0.25) is 5.06 Å². The molecule has 0 radical (unpaired) electrons. The number of amides is 1. The second-order valence-corrected chi connectivity index (χ2v) is 9.00. The summed E-state index contributed by atoms with van der Waals surface area (Å²) < 4.78 is 19.9. The van der Waals surface area contributed by atoms with Crippen LogP contribution in [0.3, 0.4) is 0 Å². The molecule has 1 saturated heterocycles. The van der Waals surface area contributed by atoms with E-state index in [0.29, 0.717) is 29.5 Å². The molecule has 3 aromatic heterocycles. The van der Waals surface area contributed by atoms with Crippen molar-refractivity contribution in [1.29, 1.82) is 0 Å². The molecule has 3 N–H and O–H groups in total. The molecule has 1 aliphatic rings. The molecule has 0 spiro atoms. The lowest BCUT2D eigenvalue weighted by Crippen LogP contribution is -2.52. The molecule has 9 nitrogen and oxygen atoms in total. The van der Waals surface area contributed by atoms with Crippen LogP contribution in [0, 0.1) is 6.92 Å². The number of halogens is 3. The van der Waals surface area contributed by atoms with Gasteiger partial charge in [-0.2, -0.15) is 0 Å². The number of piperidine rings is 1. The molecule has 1 fully saturated rings. The number of rotatable bonds is 5. The number of hydrogen-bond acceptors (Lipinski definition) is 7. The molecule has 13 heteroatoms. The van der Waals surface area contributed by atoms with Gasteiger partial charge in [-0.1, -0.05) is 40.6 Å². The van der Waals surface area contributed by atoms with Crippen LogP contribution in [-0.4, -0.2) is 57.4 Å². The van der Waals surface area contributed by atoms with Crippen molar-refractivity contribution in [2.75, 3.05) is 18.0 Å². The first kappa shape index (κ1) is 23.3. The van der Waals surface area contributed by atoms with E-state index in [1.54, 1.807) is 36.2 Å². The number of nitrogens with zero attached hydrogens (tertiary/aromatic N) is 3. The summed E-state index contributed by atoms with van der Waals surface area (Å²) in [7, 11) is 0. The van der Waals surface area contributed by atoms with E-state index in [9.17, 15) is 14.0 Å². The van der Waals surface area contributed by atoms with Gasteiger partial charge in [0.1, 0.15) is 17.6 Å². The first-order valence-corrected chi connectivity index (χ1v) is 11.4. The summed E-state index contributed by atoms with van der Waals surface area (Å²) in [6, 6.07) is 4.39. The summed E-state index contributed by atoms with van der Waals surface area (Å²) in [4.78, 5) is 36.8. The highest BCUT2D eigenvalue weighted by molar-refractivity contribution is 7.18. The predicted molar refractivity (Wildman–Crippen MR) is 123 cm³/mol. The van der Waals surface area contributed by atoms with Crippen LogP contribution in [0.2, 0.25) is 10.0 Å². The largest absolute Gasteiger partial charge is 0.512 e. The van der Waals surface area contributed by atoms with Gasteiger partial charge in [-0.15, -0.1) is 0 Å². The van der Waals surface area contributed by atoms with Gasteiger partial charge in [-0.05, 0) is 25.5 Å². The molecule has 0 saturated carbocycles. The Kier molecular flexibility index (Phi) is 6.73. The molecule has 0 aliphatic carbocycles. The number of nitrogens with one attached hydrogen (secondary N) is 2. The Morgan fingerprint density at radius 1 is 1.36 bits per heavy atom. The van der Waals surface area contributed by atoms with Crippen molar-refractivity contribution in [3.05, 3.63) is 45.8 Å². The number of aryl methyl sites for hydroxylation is 1. The molecular formula is C20H18Cl2FN5O4S. The number of carbonyl (C=O) groups excluding carboxylic acids is 1. The number of H-pyrrole nitrogens is 1. The third kappa shape index (κ3) is 4.90. The summed E-state index contributed by atoms with van der Waals surface area (Å²) in [6.07, 6.45) is -1.04. The van der Waals surface area contributed by atoms with Crippen molar-refractivity contribution in [3.8, 4) is 16.5 Å². The summed E-state index contributed by atoms with van der Waals surface area (Å²) in [5.41, 5.74) is 1.33. The number of aromatic nitrogens is 3. The van der Waals surface area contributed by atoms with Gasteiger partial charge in [0.05, 0.1) is 28.3 Å². The average Bonchev–Trinajstić information content (AvgIpc) is 3.31. The van der Waals surface area contributed by atoms with E-state index in [0.717, 1.165) is 11.3 Å². The van der Waals surface area contributed by atoms with Gasteiger partial charge >= 0.3 is 6.16 Å². The van der Waals surface area contributed by atoms with Crippen molar-refractivity contribution >= 4 is 51.7 Å². The van der Waals surface area contributed by atoms with Crippen LogP contribution in [0.1, 0.15) is 22.6 Å². The van der Waals surface area contributed by atoms with Crippen LogP contribution in [0.5, 0.6) is 5.06 Å². The lowest BCUT2D eigenvalue weighted by atomic mass is 10.0. The molecule has 0 bridgehead atoms. The van der Waals surface area contributed by atoms with E-state index in [4.69, 9.17) is 33.0 Å². The summed E-state index contributed by atoms with van der Waals surface area (Å²) in [6.45, 7) is 2.01. The molecule has 4 rings (SSSR count). The Morgan fingerprint density at radius 2 is 2.15 bits per heavy atom. The topological polar surface area (TPSA) is 120 Å². The maximum atomic E-state index is 15.0. The Bertz CT molecular complexity index is 1190. The van der Waals surface area contributed by atoms with Crippen molar-refractivity contribution in [1.82, 2.24) is 20.3 Å². The summed E-state index contributed by atoms with van der Waals surface area (Å²) in [5.74, 6) is -0.542. The molecule has 0 unspecified atom stereocenters. The Morgan fingerprint density at radius 3 is 2.76 bits per heavy atom. The van der Waals surface area contributed by atoms with Crippen molar-refractivity contribution in [2.24, 2.45) is 0 Å². The lowest BCUT2D eigenvalue weighted by molar-refractivity contribution is 0.0894. The smallest absolute Gasteiger partial charge is 0.449 e. The van der Waals surface area contributed by atoms with Crippen molar-refractivity contribution < 1.29 is 23.8 Å². The van der Waals surface area contributed by atoms with Crippen LogP contribution >= 0.6 is 34.5 Å². The monoisotopic (exact) mass is 513 g/mol. The molecule has 1 amide bonds. The summed E-state index contributed by atoms with van der Waals surface area (Å²) >= 11 is 13.1. The van der Waals surface area contributed by atoms with E-state index in [1.807, 2.05) is 0 Å². The maximum absolute atomic E-state index is 15.0. The van der Waals surface area contributed by atoms with E-state index in [2.05, 4.69) is 20.3 Å². The maximum Gasteiger partial charge on any atom is 0.512 e. The highest BCUT2D eigenvalue weighted by Gasteiger charge is 2.33. The quantitative estimate of drug-likeness (QED) is 0.427. The number of anilines is 1. The number of carbonyl (C=O) groups is 2. The Balaban J connectivity index is 1.48. The SMILES string of the molecule is Cc1[nH]c(C(=O)N[C@@H]2CCN(c3nc(-c4ccccn4)c(OC(=O)O)s3)C[C@@H]2F)c(Cl)c1Cl. The highest BCUT2D eigenvalue weighted by atomic mass is 35.5. The molecule has 2 atom stereocenters. The number of pyridine rings is 1. The third-order valence-corrected chi connectivity index (χ3v) is 7.02. The highest BCUT2D eigenvalue weighted by Crippen LogP contribution is 2.40. The number of hydrogen-bond donors (Lipinski definition) is 3. The number of ether oxygens (including phenoxy) is 1. The van der Waals surface area contributed by atoms with Gasteiger partial charge < -0.3 is 25.0 Å².